The van der Waals surface area contributed by atoms with Gasteiger partial charge in [0.25, 0.3) is 0 Å². The number of aliphatic carboxylic acids is 1. The standard InChI is InChI=1S/C14H19NO5S/c1-2-8-21(19,20)10-13(16)15-12(9-14(17)18)11-6-4-3-5-7-11/h3-7,12H,2,8-10H2,1H3,(H,15,16)(H,17,18). The monoisotopic (exact) mass is 313 g/mol. The highest BCUT2D eigenvalue weighted by molar-refractivity contribution is 7.92. The number of carbonyl (C=O) groups excluding carboxylic acids is 1. The molecule has 1 rings (SSSR count). The number of benzene rings is 1. The molecular weight excluding hydrogens is 294 g/mol. The molecule has 0 aliphatic carbocycles. The van der Waals surface area contributed by atoms with E-state index in [-0.39, 0.29) is 12.2 Å². The maximum absolute atomic E-state index is 11.8. The van der Waals surface area contributed by atoms with Gasteiger partial charge in [-0.1, -0.05) is 37.3 Å². The third kappa shape index (κ3) is 6.40. The van der Waals surface area contributed by atoms with Gasteiger partial charge in [0.15, 0.2) is 9.84 Å². The molecule has 0 saturated heterocycles. The Kier molecular flexibility index (Phi) is 6.36. The van der Waals surface area contributed by atoms with Crippen LogP contribution in [0.25, 0.3) is 0 Å². The van der Waals surface area contributed by atoms with Crippen molar-refractivity contribution >= 4 is 21.7 Å². The van der Waals surface area contributed by atoms with Crippen molar-refractivity contribution in [2.75, 3.05) is 11.5 Å². The minimum absolute atomic E-state index is 0.0602. The summed E-state index contributed by atoms with van der Waals surface area (Å²) in [5.41, 5.74) is 0.626. The van der Waals surface area contributed by atoms with Crippen molar-refractivity contribution < 1.29 is 23.1 Å². The van der Waals surface area contributed by atoms with Gasteiger partial charge in [-0.25, -0.2) is 8.42 Å². The van der Waals surface area contributed by atoms with Gasteiger partial charge < -0.3 is 10.4 Å². The Bertz CT molecular complexity index is 583. The molecule has 0 saturated carbocycles. The van der Waals surface area contributed by atoms with E-state index in [1.807, 2.05) is 0 Å². The molecule has 1 aromatic carbocycles. The van der Waals surface area contributed by atoms with Crippen LogP contribution in [0.1, 0.15) is 31.4 Å². The van der Waals surface area contributed by atoms with Crippen LogP contribution in [0.3, 0.4) is 0 Å². The average molecular weight is 313 g/mol. The van der Waals surface area contributed by atoms with Crippen molar-refractivity contribution in [3.05, 3.63) is 35.9 Å². The number of hydrogen-bond donors (Lipinski definition) is 2. The molecule has 0 aromatic heterocycles. The Labute approximate surface area is 124 Å². The lowest BCUT2D eigenvalue weighted by Gasteiger charge is -2.17. The molecule has 0 fully saturated rings. The summed E-state index contributed by atoms with van der Waals surface area (Å²) in [5, 5.41) is 11.4. The summed E-state index contributed by atoms with van der Waals surface area (Å²) < 4.78 is 23.2. The molecule has 1 atom stereocenters. The van der Waals surface area contributed by atoms with Crippen molar-refractivity contribution in [2.45, 2.75) is 25.8 Å². The van der Waals surface area contributed by atoms with E-state index in [0.29, 0.717) is 12.0 Å². The minimum atomic E-state index is -3.45. The fourth-order valence-electron chi connectivity index (χ4n) is 1.93. The highest BCUT2D eigenvalue weighted by Gasteiger charge is 2.21. The van der Waals surface area contributed by atoms with Gasteiger partial charge in [-0.2, -0.15) is 0 Å². The van der Waals surface area contributed by atoms with E-state index < -0.39 is 33.5 Å². The molecule has 1 unspecified atom stereocenters. The molecule has 1 aromatic rings. The van der Waals surface area contributed by atoms with Gasteiger partial charge in [0.1, 0.15) is 5.75 Å². The van der Waals surface area contributed by atoms with Gasteiger partial charge in [-0.15, -0.1) is 0 Å². The summed E-state index contributed by atoms with van der Waals surface area (Å²) in [6, 6.07) is 7.86. The SMILES string of the molecule is CCCS(=O)(=O)CC(=O)NC(CC(=O)O)c1ccccc1. The first-order valence-electron chi connectivity index (χ1n) is 6.60. The molecule has 0 heterocycles. The van der Waals surface area contributed by atoms with Gasteiger partial charge in [-0.3, -0.25) is 9.59 Å². The number of nitrogens with one attached hydrogen (secondary N) is 1. The Balaban J connectivity index is 2.78. The summed E-state index contributed by atoms with van der Waals surface area (Å²) in [5.74, 6) is -2.43. The second-order valence-corrected chi connectivity index (χ2v) is 6.90. The smallest absolute Gasteiger partial charge is 0.305 e. The molecule has 6 nitrogen and oxygen atoms in total. The van der Waals surface area contributed by atoms with Crippen molar-refractivity contribution in [3.63, 3.8) is 0 Å². The number of hydrogen-bond acceptors (Lipinski definition) is 4. The van der Waals surface area contributed by atoms with Crippen molar-refractivity contribution in [1.82, 2.24) is 5.32 Å². The first kappa shape index (κ1) is 17.2. The van der Waals surface area contributed by atoms with E-state index >= 15 is 0 Å². The van der Waals surface area contributed by atoms with Crippen LogP contribution in [0.4, 0.5) is 0 Å². The fraction of sp³-hybridized carbons (Fsp3) is 0.429. The Hall–Kier alpha value is -1.89. The molecule has 0 spiro atoms. The van der Waals surface area contributed by atoms with Crippen LogP contribution in [0.15, 0.2) is 30.3 Å². The fourth-order valence-corrected chi connectivity index (χ4v) is 3.18. The zero-order chi connectivity index (χ0) is 15.9. The minimum Gasteiger partial charge on any atom is -0.481 e. The van der Waals surface area contributed by atoms with Crippen molar-refractivity contribution in [1.29, 1.82) is 0 Å². The lowest BCUT2D eigenvalue weighted by Crippen LogP contribution is -2.35. The van der Waals surface area contributed by atoms with Crippen LogP contribution in [0, 0.1) is 0 Å². The molecule has 0 radical (unpaired) electrons. The summed E-state index contributed by atoms with van der Waals surface area (Å²) in [6.07, 6.45) is 0.135. The predicted octanol–water partition coefficient (Wildman–Crippen LogP) is 1.14. The molecule has 116 valence electrons. The first-order valence-corrected chi connectivity index (χ1v) is 8.42. The topological polar surface area (TPSA) is 101 Å². The molecule has 7 heteroatoms. The van der Waals surface area contributed by atoms with Gasteiger partial charge in [0, 0.05) is 0 Å². The van der Waals surface area contributed by atoms with E-state index in [0.717, 1.165) is 0 Å². The van der Waals surface area contributed by atoms with Gasteiger partial charge in [0.05, 0.1) is 18.2 Å². The Morgan fingerprint density at radius 2 is 1.86 bits per heavy atom. The van der Waals surface area contributed by atoms with E-state index in [9.17, 15) is 18.0 Å². The molecule has 2 N–H and O–H groups in total. The number of carbonyl (C=O) groups is 2. The normalized spacial score (nSPS) is 12.6. The third-order valence-electron chi connectivity index (χ3n) is 2.78. The molecule has 21 heavy (non-hydrogen) atoms. The second kappa shape index (κ2) is 7.78. The quantitative estimate of drug-likeness (QED) is 0.749. The lowest BCUT2D eigenvalue weighted by atomic mass is 10.0. The number of sulfone groups is 1. The summed E-state index contributed by atoms with van der Waals surface area (Å²) in [4.78, 5) is 22.7. The third-order valence-corrected chi connectivity index (χ3v) is 4.51. The van der Waals surface area contributed by atoms with Crippen molar-refractivity contribution in [3.8, 4) is 0 Å². The zero-order valence-corrected chi connectivity index (χ0v) is 12.6. The second-order valence-electron chi connectivity index (χ2n) is 4.72. The summed E-state index contributed by atoms with van der Waals surface area (Å²) in [6.45, 7) is 1.71. The van der Waals surface area contributed by atoms with Crippen LogP contribution in [0.5, 0.6) is 0 Å². The summed E-state index contributed by atoms with van der Waals surface area (Å²) in [7, 11) is -3.45. The highest BCUT2D eigenvalue weighted by Crippen LogP contribution is 2.16. The molecule has 1 amide bonds. The summed E-state index contributed by atoms with van der Waals surface area (Å²) >= 11 is 0. The van der Waals surface area contributed by atoms with Crippen LogP contribution in [-0.2, 0) is 19.4 Å². The molecule has 0 aliphatic heterocycles. The Morgan fingerprint density at radius 3 is 2.38 bits per heavy atom. The first-order chi connectivity index (χ1) is 9.84. The largest absolute Gasteiger partial charge is 0.481 e. The molecular formula is C14H19NO5S. The number of carboxylic acid groups (broad SMARTS) is 1. The zero-order valence-electron chi connectivity index (χ0n) is 11.8. The molecule has 0 aliphatic rings. The van der Waals surface area contributed by atoms with E-state index in [2.05, 4.69) is 5.32 Å². The van der Waals surface area contributed by atoms with E-state index in [1.165, 1.54) is 0 Å². The van der Waals surface area contributed by atoms with Crippen LogP contribution >= 0.6 is 0 Å². The predicted molar refractivity (Wildman–Crippen MR) is 78.5 cm³/mol. The average Bonchev–Trinajstić information content (AvgIpc) is 2.37. The molecule has 0 bridgehead atoms. The number of amides is 1. The van der Waals surface area contributed by atoms with Gasteiger partial charge in [-0.05, 0) is 12.0 Å². The van der Waals surface area contributed by atoms with Gasteiger partial charge >= 0.3 is 5.97 Å². The van der Waals surface area contributed by atoms with Gasteiger partial charge in [0.2, 0.25) is 5.91 Å². The lowest BCUT2D eigenvalue weighted by molar-refractivity contribution is -0.137. The van der Waals surface area contributed by atoms with E-state index in [4.69, 9.17) is 5.11 Å². The highest BCUT2D eigenvalue weighted by atomic mass is 32.2. The maximum atomic E-state index is 11.8. The Morgan fingerprint density at radius 1 is 1.24 bits per heavy atom. The number of carboxylic acids is 1. The van der Waals surface area contributed by atoms with E-state index in [1.54, 1.807) is 37.3 Å². The van der Waals surface area contributed by atoms with Crippen molar-refractivity contribution in [2.24, 2.45) is 0 Å². The van der Waals surface area contributed by atoms with Crippen LogP contribution in [0.2, 0.25) is 0 Å². The van der Waals surface area contributed by atoms with Crippen LogP contribution < -0.4 is 5.32 Å². The number of rotatable bonds is 8. The maximum Gasteiger partial charge on any atom is 0.305 e. The van der Waals surface area contributed by atoms with Crippen LogP contribution in [-0.4, -0.2) is 36.9 Å².